The summed E-state index contributed by atoms with van der Waals surface area (Å²) in [6.07, 6.45) is 0. The molecule has 3 rings (SSSR count). The Bertz CT molecular complexity index is 781. The molecule has 0 aromatic heterocycles. The standard InChI is InChI=1S/C13H12ClFN2O3S2/c1-7(18)16-13-17(8-2-3-10(15)9(14)4-8)11-5-22(19,20)6-12(11)21-13/h2-4,11-12H,5-6H2,1H3/t11-,12+/m1/s1. The van der Waals surface area contributed by atoms with Gasteiger partial charge in [-0.1, -0.05) is 23.4 Å². The Labute approximate surface area is 136 Å². The van der Waals surface area contributed by atoms with Gasteiger partial charge in [-0.3, -0.25) is 4.79 Å². The molecule has 2 heterocycles. The van der Waals surface area contributed by atoms with Crippen LogP contribution in [0, 0.1) is 5.82 Å². The lowest BCUT2D eigenvalue weighted by Gasteiger charge is -2.24. The largest absolute Gasteiger partial charge is 0.316 e. The van der Waals surface area contributed by atoms with E-state index >= 15 is 0 Å². The highest BCUT2D eigenvalue weighted by atomic mass is 35.5. The molecule has 0 saturated carbocycles. The van der Waals surface area contributed by atoms with Crippen LogP contribution in [-0.2, 0) is 14.6 Å². The summed E-state index contributed by atoms with van der Waals surface area (Å²) in [5, 5.41) is 0.181. The first-order valence-corrected chi connectivity index (χ1v) is 9.55. The Morgan fingerprint density at radius 3 is 2.82 bits per heavy atom. The van der Waals surface area contributed by atoms with Gasteiger partial charge in [0, 0.05) is 17.9 Å². The van der Waals surface area contributed by atoms with Crippen molar-refractivity contribution in [1.29, 1.82) is 0 Å². The monoisotopic (exact) mass is 362 g/mol. The predicted molar refractivity (Wildman–Crippen MR) is 85.8 cm³/mol. The first-order chi connectivity index (χ1) is 10.3. The van der Waals surface area contributed by atoms with Crippen LogP contribution in [0.3, 0.4) is 0 Å². The fraction of sp³-hybridized carbons (Fsp3) is 0.385. The molecule has 0 N–H and O–H groups in total. The number of benzene rings is 1. The van der Waals surface area contributed by atoms with Crippen molar-refractivity contribution in [2.24, 2.45) is 4.99 Å². The van der Waals surface area contributed by atoms with E-state index in [4.69, 9.17) is 11.6 Å². The summed E-state index contributed by atoms with van der Waals surface area (Å²) in [5.74, 6) is -0.900. The molecule has 0 radical (unpaired) electrons. The van der Waals surface area contributed by atoms with Crippen LogP contribution in [0.15, 0.2) is 23.2 Å². The van der Waals surface area contributed by atoms with E-state index in [0.717, 1.165) is 0 Å². The number of hydrogen-bond acceptors (Lipinski definition) is 4. The molecule has 1 amide bonds. The normalized spacial score (nSPS) is 28.1. The molecule has 2 aliphatic heterocycles. The molecule has 2 atom stereocenters. The molecule has 118 valence electrons. The third-order valence-electron chi connectivity index (χ3n) is 3.50. The van der Waals surface area contributed by atoms with Crippen molar-refractivity contribution in [3.05, 3.63) is 29.0 Å². The van der Waals surface area contributed by atoms with E-state index in [9.17, 15) is 17.6 Å². The number of thioether (sulfide) groups is 1. The maximum absolute atomic E-state index is 13.3. The molecular formula is C13H12ClFN2O3S2. The van der Waals surface area contributed by atoms with Crippen LogP contribution >= 0.6 is 23.4 Å². The van der Waals surface area contributed by atoms with Gasteiger partial charge >= 0.3 is 0 Å². The highest BCUT2D eigenvalue weighted by Crippen LogP contribution is 2.41. The molecule has 9 heteroatoms. The Hall–Kier alpha value is -1.12. The third-order valence-corrected chi connectivity index (χ3v) is 7.00. The number of halogens is 2. The second-order valence-electron chi connectivity index (χ2n) is 5.18. The van der Waals surface area contributed by atoms with Gasteiger partial charge in [-0.05, 0) is 18.2 Å². The van der Waals surface area contributed by atoms with Gasteiger partial charge in [0.15, 0.2) is 15.0 Å². The van der Waals surface area contributed by atoms with Gasteiger partial charge in [0.05, 0.1) is 22.6 Å². The number of fused-ring (bicyclic) bond motifs is 1. The average molecular weight is 363 g/mol. The van der Waals surface area contributed by atoms with E-state index in [1.54, 1.807) is 4.90 Å². The van der Waals surface area contributed by atoms with Gasteiger partial charge in [-0.15, -0.1) is 0 Å². The number of nitrogens with zero attached hydrogens (tertiary/aromatic N) is 2. The van der Waals surface area contributed by atoms with Crippen LogP contribution in [0.5, 0.6) is 0 Å². The zero-order valence-corrected chi connectivity index (χ0v) is 13.9. The highest BCUT2D eigenvalue weighted by molar-refractivity contribution is 8.16. The van der Waals surface area contributed by atoms with Gasteiger partial charge in [-0.25, -0.2) is 12.8 Å². The van der Waals surface area contributed by atoms with Crippen molar-refractivity contribution in [2.45, 2.75) is 18.2 Å². The molecule has 0 unspecified atom stereocenters. The minimum Gasteiger partial charge on any atom is -0.316 e. The van der Waals surface area contributed by atoms with E-state index in [2.05, 4.69) is 4.99 Å². The predicted octanol–water partition coefficient (Wildman–Crippen LogP) is 2.10. The number of rotatable bonds is 1. The molecule has 22 heavy (non-hydrogen) atoms. The molecule has 0 spiro atoms. The highest BCUT2D eigenvalue weighted by Gasteiger charge is 2.49. The summed E-state index contributed by atoms with van der Waals surface area (Å²) in [6, 6.07) is 3.81. The first-order valence-electron chi connectivity index (χ1n) is 6.47. The average Bonchev–Trinajstić information content (AvgIpc) is 2.83. The number of hydrogen-bond donors (Lipinski definition) is 0. The summed E-state index contributed by atoms with van der Waals surface area (Å²) < 4.78 is 37.0. The van der Waals surface area contributed by atoms with Crippen molar-refractivity contribution in [1.82, 2.24) is 0 Å². The molecule has 5 nitrogen and oxygen atoms in total. The number of amides is 1. The summed E-state index contributed by atoms with van der Waals surface area (Å²) in [5.41, 5.74) is 0.531. The van der Waals surface area contributed by atoms with E-state index in [1.165, 1.54) is 36.9 Å². The lowest BCUT2D eigenvalue weighted by Crippen LogP contribution is -2.37. The summed E-state index contributed by atoms with van der Waals surface area (Å²) in [7, 11) is -3.13. The Morgan fingerprint density at radius 2 is 2.18 bits per heavy atom. The van der Waals surface area contributed by atoms with Crippen molar-refractivity contribution in [2.75, 3.05) is 16.4 Å². The molecule has 2 aliphatic rings. The lowest BCUT2D eigenvalue weighted by molar-refractivity contribution is -0.115. The fourth-order valence-corrected chi connectivity index (χ4v) is 6.77. The Kier molecular flexibility index (Phi) is 3.94. The maximum atomic E-state index is 13.3. The lowest BCUT2D eigenvalue weighted by atomic mass is 10.2. The van der Waals surface area contributed by atoms with Gasteiger partial charge in [-0.2, -0.15) is 4.99 Å². The summed E-state index contributed by atoms with van der Waals surface area (Å²) in [6.45, 7) is 1.33. The third kappa shape index (κ3) is 2.87. The van der Waals surface area contributed by atoms with Crippen LogP contribution in [0.2, 0.25) is 5.02 Å². The molecule has 1 aromatic carbocycles. The molecule has 2 saturated heterocycles. The number of anilines is 1. The summed E-state index contributed by atoms with van der Waals surface area (Å²) >= 11 is 7.08. The number of carbonyl (C=O) groups excluding carboxylic acids is 1. The van der Waals surface area contributed by atoms with Crippen molar-refractivity contribution >= 4 is 50.0 Å². The van der Waals surface area contributed by atoms with E-state index < -0.39 is 15.7 Å². The topological polar surface area (TPSA) is 66.8 Å². The van der Waals surface area contributed by atoms with Crippen LogP contribution in [0.25, 0.3) is 0 Å². The molecule has 1 aromatic rings. The smallest absolute Gasteiger partial charge is 0.244 e. The maximum Gasteiger partial charge on any atom is 0.244 e. The van der Waals surface area contributed by atoms with Crippen molar-refractivity contribution < 1.29 is 17.6 Å². The molecule has 2 fully saturated rings. The quantitative estimate of drug-likeness (QED) is 0.765. The minimum atomic E-state index is -3.13. The second kappa shape index (κ2) is 5.50. The van der Waals surface area contributed by atoms with Crippen LogP contribution in [0.1, 0.15) is 6.92 Å². The molecule has 0 bridgehead atoms. The Morgan fingerprint density at radius 1 is 1.45 bits per heavy atom. The van der Waals surface area contributed by atoms with Gasteiger partial charge in [0.2, 0.25) is 5.91 Å². The summed E-state index contributed by atoms with van der Waals surface area (Å²) in [4.78, 5) is 16.9. The molecule has 0 aliphatic carbocycles. The van der Waals surface area contributed by atoms with E-state index in [0.29, 0.717) is 10.9 Å². The van der Waals surface area contributed by atoms with Gasteiger partial charge in [0.25, 0.3) is 0 Å². The fourth-order valence-electron chi connectivity index (χ4n) is 2.64. The van der Waals surface area contributed by atoms with E-state index in [1.807, 2.05) is 0 Å². The van der Waals surface area contributed by atoms with Crippen molar-refractivity contribution in [3.8, 4) is 0 Å². The molecular weight excluding hydrogens is 351 g/mol. The van der Waals surface area contributed by atoms with Gasteiger partial charge < -0.3 is 4.90 Å². The van der Waals surface area contributed by atoms with Crippen LogP contribution in [0.4, 0.5) is 10.1 Å². The van der Waals surface area contributed by atoms with E-state index in [-0.39, 0.29) is 33.7 Å². The first kappa shape index (κ1) is 15.8. The van der Waals surface area contributed by atoms with Crippen LogP contribution < -0.4 is 4.90 Å². The number of sulfone groups is 1. The van der Waals surface area contributed by atoms with Gasteiger partial charge in [0.1, 0.15) is 5.82 Å². The second-order valence-corrected chi connectivity index (χ2v) is 8.95. The number of aliphatic imine (C=N–C) groups is 1. The van der Waals surface area contributed by atoms with Crippen molar-refractivity contribution in [3.63, 3.8) is 0 Å². The zero-order valence-electron chi connectivity index (χ0n) is 11.5. The zero-order chi connectivity index (χ0) is 16.1. The minimum absolute atomic E-state index is 0.0173. The number of carbonyl (C=O) groups is 1. The van der Waals surface area contributed by atoms with Crippen LogP contribution in [-0.4, -0.2) is 42.3 Å². The Balaban J connectivity index is 2.06. The number of amidine groups is 1. The SMILES string of the molecule is CC(=O)N=C1S[C@H]2CS(=O)(=O)C[C@H]2N1c1ccc(F)c(Cl)c1.